The van der Waals surface area contributed by atoms with Crippen LogP contribution in [0.25, 0.3) is 15.8 Å². The monoisotopic (exact) mass is 284 g/mol. The smallest absolute Gasteiger partial charge is 0.273 e. The molecular formula is C16H16N2OS. The van der Waals surface area contributed by atoms with Gasteiger partial charge in [0.15, 0.2) is 0 Å². The first-order valence-electron chi connectivity index (χ1n) is 6.59. The zero-order valence-electron chi connectivity index (χ0n) is 11.5. The molecule has 0 spiro atoms. The van der Waals surface area contributed by atoms with Gasteiger partial charge in [-0.25, -0.2) is 3.96 Å². The predicted molar refractivity (Wildman–Crippen MR) is 84.9 cm³/mol. The molecule has 1 unspecified atom stereocenters. The lowest BCUT2D eigenvalue weighted by Gasteiger charge is -2.11. The molecule has 0 bridgehead atoms. The highest BCUT2D eigenvalue weighted by Gasteiger charge is 2.10. The average Bonchev–Trinajstić information content (AvgIpc) is 2.84. The van der Waals surface area contributed by atoms with Crippen LogP contribution in [0.5, 0.6) is 0 Å². The summed E-state index contributed by atoms with van der Waals surface area (Å²) >= 11 is 1.49. The van der Waals surface area contributed by atoms with Gasteiger partial charge in [-0.1, -0.05) is 35.8 Å². The van der Waals surface area contributed by atoms with E-state index in [-0.39, 0.29) is 11.6 Å². The van der Waals surface area contributed by atoms with Crippen molar-refractivity contribution in [3.05, 3.63) is 64.4 Å². The third kappa shape index (κ3) is 2.17. The van der Waals surface area contributed by atoms with Crippen molar-refractivity contribution in [1.29, 1.82) is 0 Å². The van der Waals surface area contributed by atoms with Crippen molar-refractivity contribution < 1.29 is 0 Å². The Morgan fingerprint density at radius 3 is 2.70 bits per heavy atom. The van der Waals surface area contributed by atoms with Gasteiger partial charge in [-0.05, 0) is 43.8 Å². The quantitative estimate of drug-likeness (QED) is 0.800. The second-order valence-corrected chi connectivity index (χ2v) is 5.78. The van der Waals surface area contributed by atoms with Crippen LogP contribution in [0.1, 0.15) is 18.5 Å². The van der Waals surface area contributed by atoms with Crippen LogP contribution in [0.3, 0.4) is 0 Å². The minimum atomic E-state index is 0.0554. The lowest BCUT2D eigenvalue weighted by Crippen LogP contribution is -2.14. The molecule has 1 aromatic heterocycles. The molecule has 20 heavy (non-hydrogen) atoms. The van der Waals surface area contributed by atoms with Gasteiger partial charge in [0.1, 0.15) is 0 Å². The summed E-state index contributed by atoms with van der Waals surface area (Å²) in [5.74, 6) is 0. The fourth-order valence-corrected chi connectivity index (χ4v) is 3.22. The Morgan fingerprint density at radius 1 is 1.15 bits per heavy atom. The first-order valence-corrected chi connectivity index (χ1v) is 7.36. The Balaban J connectivity index is 2.16. The molecule has 3 rings (SSSR count). The summed E-state index contributed by atoms with van der Waals surface area (Å²) in [6, 6.07) is 16.1. The summed E-state index contributed by atoms with van der Waals surface area (Å²) in [7, 11) is 1.93. The van der Waals surface area contributed by atoms with Crippen molar-refractivity contribution >= 4 is 21.6 Å². The second-order valence-electron chi connectivity index (χ2n) is 4.79. The molecule has 0 amide bonds. The zero-order chi connectivity index (χ0) is 14.1. The summed E-state index contributed by atoms with van der Waals surface area (Å²) in [5.41, 5.74) is 2.16. The van der Waals surface area contributed by atoms with Gasteiger partial charge in [0.05, 0.1) is 15.8 Å². The van der Waals surface area contributed by atoms with Crippen LogP contribution >= 0.6 is 11.5 Å². The highest BCUT2D eigenvalue weighted by Crippen LogP contribution is 2.22. The molecule has 0 saturated heterocycles. The first-order chi connectivity index (χ1) is 9.70. The average molecular weight is 284 g/mol. The zero-order valence-corrected chi connectivity index (χ0v) is 12.3. The van der Waals surface area contributed by atoms with E-state index in [0.717, 1.165) is 15.8 Å². The minimum absolute atomic E-state index is 0.0554. The second kappa shape index (κ2) is 5.23. The van der Waals surface area contributed by atoms with Gasteiger partial charge in [0.25, 0.3) is 5.56 Å². The Morgan fingerprint density at radius 2 is 1.95 bits per heavy atom. The van der Waals surface area contributed by atoms with Crippen LogP contribution in [0.4, 0.5) is 0 Å². The van der Waals surface area contributed by atoms with Crippen molar-refractivity contribution in [3.63, 3.8) is 0 Å². The van der Waals surface area contributed by atoms with Crippen molar-refractivity contribution in [2.24, 2.45) is 0 Å². The van der Waals surface area contributed by atoms with E-state index in [9.17, 15) is 4.79 Å². The molecule has 2 aromatic carbocycles. The summed E-state index contributed by atoms with van der Waals surface area (Å²) in [5, 5.41) is 4.00. The van der Waals surface area contributed by atoms with Gasteiger partial charge in [-0.2, -0.15) is 0 Å². The van der Waals surface area contributed by atoms with Crippen molar-refractivity contribution in [3.8, 4) is 5.69 Å². The highest BCUT2D eigenvalue weighted by atomic mass is 32.1. The lowest BCUT2D eigenvalue weighted by molar-refractivity contribution is 0.652. The molecule has 102 valence electrons. The largest absolute Gasteiger partial charge is 0.313 e. The maximum atomic E-state index is 12.4. The van der Waals surface area contributed by atoms with Crippen LogP contribution in [0.2, 0.25) is 0 Å². The topological polar surface area (TPSA) is 34.0 Å². The van der Waals surface area contributed by atoms with Crippen molar-refractivity contribution in [1.82, 2.24) is 9.27 Å². The number of hydrogen-bond acceptors (Lipinski definition) is 3. The van der Waals surface area contributed by atoms with E-state index in [1.807, 2.05) is 43.4 Å². The summed E-state index contributed by atoms with van der Waals surface area (Å²) in [6.45, 7) is 2.10. The van der Waals surface area contributed by atoms with Gasteiger partial charge in [-0.15, -0.1) is 0 Å². The van der Waals surface area contributed by atoms with E-state index >= 15 is 0 Å². The lowest BCUT2D eigenvalue weighted by atomic mass is 10.1. The number of nitrogens with zero attached hydrogens (tertiary/aromatic N) is 1. The molecule has 0 aliphatic heterocycles. The molecule has 1 atom stereocenters. The number of nitrogens with one attached hydrogen (secondary N) is 1. The van der Waals surface area contributed by atoms with Crippen LogP contribution in [0.15, 0.2) is 53.3 Å². The normalized spacial score (nSPS) is 12.7. The fraction of sp³-hybridized carbons (Fsp3) is 0.188. The number of hydrogen-bond donors (Lipinski definition) is 1. The molecule has 0 fully saturated rings. The number of benzene rings is 2. The molecule has 3 aromatic rings. The van der Waals surface area contributed by atoms with Gasteiger partial charge < -0.3 is 5.32 Å². The van der Waals surface area contributed by atoms with Gasteiger partial charge in [-0.3, -0.25) is 4.79 Å². The molecule has 4 heteroatoms. The molecule has 1 N–H and O–H groups in total. The maximum absolute atomic E-state index is 12.4. The van der Waals surface area contributed by atoms with E-state index in [2.05, 4.69) is 24.4 Å². The molecule has 1 heterocycles. The minimum Gasteiger partial charge on any atom is -0.313 e. The van der Waals surface area contributed by atoms with E-state index in [1.165, 1.54) is 17.1 Å². The molecule has 0 radical (unpaired) electrons. The third-order valence-electron chi connectivity index (χ3n) is 3.53. The first kappa shape index (κ1) is 13.1. The van der Waals surface area contributed by atoms with Gasteiger partial charge >= 0.3 is 0 Å². The summed E-state index contributed by atoms with van der Waals surface area (Å²) in [4.78, 5) is 12.4. The van der Waals surface area contributed by atoms with Gasteiger partial charge in [0.2, 0.25) is 0 Å². The van der Waals surface area contributed by atoms with E-state index in [1.54, 1.807) is 3.96 Å². The fourth-order valence-electron chi connectivity index (χ4n) is 2.23. The predicted octanol–water partition coefficient (Wildman–Crippen LogP) is 3.33. The van der Waals surface area contributed by atoms with Gasteiger partial charge in [0, 0.05) is 6.04 Å². The van der Waals surface area contributed by atoms with E-state index in [0.29, 0.717) is 0 Å². The Hall–Kier alpha value is -1.91. The van der Waals surface area contributed by atoms with E-state index < -0.39 is 0 Å². The summed E-state index contributed by atoms with van der Waals surface area (Å²) in [6.07, 6.45) is 0. The number of rotatable bonds is 3. The maximum Gasteiger partial charge on any atom is 0.273 e. The molecule has 0 aliphatic rings. The summed E-state index contributed by atoms with van der Waals surface area (Å²) < 4.78 is 2.78. The Bertz CT molecular complexity index is 803. The third-order valence-corrected chi connectivity index (χ3v) is 4.64. The Labute approximate surface area is 121 Å². The van der Waals surface area contributed by atoms with Crippen LogP contribution in [0, 0.1) is 0 Å². The van der Waals surface area contributed by atoms with Crippen LogP contribution in [-0.2, 0) is 0 Å². The highest BCUT2D eigenvalue weighted by molar-refractivity contribution is 7.14. The molecule has 3 nitrogen and oxygen atoms in total. The van der Waals surface area contributed by atoms with Crippen LogP contribution < -0.4 is 10.9 Å². The Kier molecular flexibility index (Phi) is 3.42. The van der Waals surface area contributed by atoms with Crippen LogP contribution in [-0.4, -0.2) is 11.0 Å². The standard InChI is InChI=1S/C16H16N2OS/c1-11(17-2)12-6-5-7-13(10-12)18-16(19)14-8-3-4-9-15(14)20-18/h3-11,17H,1-2H3. The van der Waals surface area contributed by atoms with Crippen molar-refractivity contribution in [2.45, 2.75) is 13.0 Å². The number of aromatic nitrogens is 1. The number of fused-ring (bicyclic) bond motifs is 1. The van der Waals surface area contributed by atoms with E-state index in [4.69, 9.17) is 0 Å². The molecule has 0 saturated carbocycles. The van der Waals surface area contributed by atoms with Crippen molar-refractivity contribution in [2.75, 3.05) is 7.05 Å². The molecular weight excluding hydrogens is 268 g/mol. The molecule has 0 aliphatic carbocycles. The SMILES string of the molecule is CNC(C)c1cccc(-n2sc3ccccc3c2=O)c1.